The first-order chi connectivity index (χ1) is 10.9. The van der Waals surface area contributed by atoms with Gasteiger partial charge in [-0.1, -0.05) is 42.5 Å². The van der Waals surface area contributed by atoms with Gasteiger partial charge in [-0.2, -0.15) is 0 Å². The number of carbonyl (C=O) groups excluding carboxylic acids is 2. The number of hydrogen-bond donors (Lipinski definition) is 1. The molecular weight excluding hydrogens is 319 g/mol. The summed E-state index contributed by atoms with van der Waals surface area (Å²) in [4.78, 5) is 25.5. The summed E-state index contributed by atoms with van der Waals surface area (Å²) < 4.78 is 12.9. The van der Waals surface area contributed by atoms with Crippen LogP contribution < -0.4 is 5.32 Å². The Morgan fingerprint density at radius 2 is 2.04 bits per heavy atom. The molecule has 0 bridgehead atoms. The zero-order chi connectivity index (χ0) is 17.0. The van der Waals surface area contributed by atoms with E-state index in [-0.39, 0.29) is 23.2 Å². The van der Waals surface area contributed by atoms with Crippen LogP contribution in [0.5, 0.6) is 0 Å². The first kappa shape index (κ1) is 17.0. The lowest BCUT2D eigenvalue weighted by Gasteiger charge is -2.14. The summed E-state index contributed by atoms with van der Waals surface area (Å²) in [7, 11) is 0. The monoisotopic (exact) mass is 334 g/mol. The van der Waals surface area contributed by atoms with Crippen LogP contribution in [0.2, 0.25) is 0 Å². The standard InChI is InChI=1S/C17H16ClFN2O2/c1-3-4-5-14(18)11(2)21-16(22)15(20-17(21)23)10-12-6-8-13(19)9-7-12/h3-9,15H,1,10H2,2H3,(H,20,23)/b5-4-,14-11-. The Bertz CT molecular complexity index is 695. The molecule has 1 saturated heterocycles. The molecule has 2 rings (SSSR count). The molecule has 3 amide bonds. The van der Waals surface area contributed by atoms with Crippen LogP contribution in [0.15, 0.2) is 59.8 Å². The summed E-state index contributed by atoms with van der Waals surface area (Å²) in [5.41, 5.74) is 1.10. The highest BCUT2D eigenvalue weighted by Crippen LogP contribution is 2.21. The smallest absolute Gasteiger partial charge is 0.325 e. The van der Waals surface area contributed by atoms with Crippen LogP contribution in [0.4, 0.5) is 9.18 Å². The third kappa shape index (κ3) is 3.87. The Hall–Kier alpha value is -2.40. The molecule has 1 aliphatic rings. The van der Waals surface area contributed by atoms with Gasteiger partial charge < -0.3 is 5.32 Å². The quantitative estimate of drug-likeness (QED) is 0.662. The van der Waals surface area contributed by atoms with E-state index in [4.69, 9.17) is 11.6 Å². The van der Waals surface area contributed by atoms with Crippen molar-refractivity contribution in [2.75, 3.05) is 0 Å². The van der Waals surface area contributed by atoms with Crippen LogP contribution in [0.1, 0.15) is 12.5 Å². The molecule has 1 aliphatic heterocycles. The van der Waals surface area contributed by atoms with Crippen molar-refractivity contribution in [3.8, 4) is 0 Å². The highest BCUT2D eigenvalue weighted by atomic mass is 35.5. The molecule has 1 aromatic rings. The van der Waals surface area contributed by atoms with Gasteiger partial charge in [-0.05, 0) is 30.7 Å². The normalized spacial score (nSPS) is 19.1. The van der Waals surface area contributed by atoms with E-state index in [0.29, 0.717) is 5.70 Å². The second kappa shape index (κ2) is 7.24. The zero-order valence-electron chi connectivity index (χ0n) is 12.6. The number of amides is 3. The van der Waals surface area contributed by atoms with Crippen LogP contribution >= 0.6 is 11.6 Å². The molecule has 1 aromatic carbocycles. The zero-order valence-corrected chi connectivity index (χ0v) is 13.3. The number of benzene rings is 1. The summed E-state index contributed by atoms with van der Waals surface area (Å²) >= 11 is 6.08. The minimum absolute atomic E-state index is 0.274. The van der Waals surface area contributed by atoms with Crippen LogP contribution in [-0.4, -0.2) is 22.9 Å². The molecule has 0 aromatic heterocycles. The fourth-order valence-corrected chi connectivity index (χ4v) is 2.38. The minimum atomic E-state index is -0.698. The lowest BCUT2D eigenvalue weighted by Crippen LogP contribution is -2.31. The number of rotatable bonds is 5. The molecule has 1 atom stereocenters. The van der Waals surface area contributed by atoms with E-state index in [1.807, 2.05) is 0 Å². The minimum Gasteiger partial charge on any atom is -0.325 e. The Labute approximate surface area is 138 Å². The molecule has 120 valence electrons. The van der Waals surface area contributed by atoms with E-state index in [2.05, 4.69) is 11.9 Å². The van der Waals surface area contributed by atoms with E-state index < -0.39 is 12.1 Å². The van der Waals surface area contributed by atoms with Crippen molar-refractivity contribution in [3.05, 3.63) is 71.2 Å². The number of imide groups is 1. The van der Waals surface area contributed by atoms with Gasteiger partial charge in [-0.25, -0.2) is 14.1 Å². The number of nitrogens with zero attached hydrogens (tertiary/aromatic N) is 1. The third-order valence-corrected chi connectivity index (χ3v) is 3.83. The molecule has 0 saturated carbocycles. The Morgan fingerprint density at radius 3 is 2.65 bits per heavy atom. The number of halogens is 2. The third-order valence-electron chi connectivity index (χ3n) is 3.43. The number of nitrogens with one attached hydrogen (secondary N) is 1. The topological polar surface area (TPSA) is 49.4 Å². The molecule has 1 N–H and O–H groups in total. The summed E-state index contributed by atoms with van der Waals surface area (Å²) in [5.74, 6) is -0.737. The molecule has 0 aliphatic carbocycles. The van der Waals surface area contributed by atoms with Gasteiger partial charge in [0.15, 0.2) is 0 Å². The van der Waals surface area contributed by atoms with Gasteiger partial charge in [-0.3, -0.25) is 4.79 Å². The van der Waals surface area contributed by atoms with Crippen molar-refractivity contribution in [1.82, 2.24) is 10.2 Å². The summed E-state index contributed by atoms with van der Waals surface area (Å²) in [6, 6.07) is 4.58. The van der Waals surface area contributed by atoms with Crippen molar-refractivity contribution >= 4 is 23.5 Å². The van der Waals surface area contributed by atoms with Crippen molar-refractivity contribution in [1.29, 1.82) is 0 Å². The average Bonchev–Trinajstić information content (AvgIpc) is 2.80. The number of urea groups is 1. The van der Waals surface area contributed by atoms with E-state index in [0.717, 1.165) is 10.5 Å². The van der Waals surface area contributed by atoms with Gasteiger partial charge in [0, 0.05) is 12.1 Å². The maximum absolute atomic E-state index is 12.9. The second-order valence-electron chi connectivity index (χ2n) is 5.03. The number of hydrogen-bond acceptors (Lipinski definition) is 2. The van der Waals surface area contributed by atoms with Crippen molar-refractivity contribution in [3.63, 3.8) is 0 Å². The van der Waals surface area contributed by atoms with Gasteiger partial charge in [0.2, 0.25) is 0 Å². The highest BCUT2D eigenvalue weighted by Gasteiger charge is 2.39. The van der Waals surface area contributed by atoms with Crippen LogP contribution in [0.3, 0.4) is 0 Å². The van der Waals surface area contributed by atoms with E-state index in [9.17, 15) is 14.0 Å². The van der Waals surface area contributed by atoms with E-state index in [1.54, 1.807) is 37.3 Å². The molecule has 6 heteroatoms. The molecule has 0 radical (unpaired) electrons. The first-order valence-corrected chi connectivity index (χ1v) is 7.36. The van der Waals surface area contributed by atoms with Crippen molar-refractivity contribution < 1.29 is 14.0 Å². The predicted molar refractivity (Wildman–Crippen MR) is 87.2 cm³/mol. The molecular formula is C17H16ClFN2O2. The van der Waals surface area contributed by atoms with E-state index in [1.165, 1.54) is 12.1 Å². The Balaban J connectivity index is 2.18. The van der Waals surface area contributed by atoms with Crippen LogP contribution in [-0.2, 0) is 11.2 Å². The van der Waals surface area contributed by atoms with Gasteiger partial charge >= 0.3 is 6.03 Å². The number of allylic oxidation sites excluding steroid dienone is 5. The van der Waals surface area contributed by atoms with Crippen molar-refractivity contribution in [2.24, 2.45) is 0 Å². The maximum Gasteiger partial charge on any atom is 0.329 e. The fraction of sp³-hybridized carbons (Fsp3) is 0.176. The van der Waals surface area contributed by atoms with E-state index >= 15 is 0 Å². The highest BCUT2D eigenvalue weighted by molar-refractivity contribution is 6.32. The maximum atomic E-state index is 12.9. The fourth-order valence-electron chi connectivity index (χ4n) is 2.22. The molecule has 1 unspecified atom stereocenters. The predicted octanol–water partition coefficient (Wildman–Crippen LogP) is 3.50. The second-order valence-corrected chi connectivity index (χ2v) is 5.44. The summed E-state index contributed by atoms with van der Waals surface area (Å²) in [6.07, 6.45) is 4.99. The first-order valence-electron chi connectivity index (χ1n) is 6.98. The largest absolute Gasteiger partial charge is 0.329 e. The van der Waals surface area contributed by atoms with Crippen molar-refractivity contribution in [2.45, 2.75) is 19.4 Å². The van der Waals surface area contributed by atoms with Crippen LogP contribution in [0.25, 0.3) is 0 Å². The van der Waals surface area contributed by atoms with Crippen LogP contribution in [0, 0.1) is 5.82 Å². The average molecular weight is 335 g/mol. The lowest BCUT2D eigenvalue weighted by molar-refractivity contribution is -0.126. The molecule has 1 fully saturated rings. The van der Waals surface area contributed by atoms with Gasteiger partial charge in [-0.15, -0.1) is 0 Å². The molecule has 23 heavy (non-hydrogen) atoms. The SMILES string of the molecule is C=C/C=C\C(Cl)=C(/C)N1C(=O)NC(Cc2ccc(F)cc2)C1=O. The number of carbonyl (C=O) groups is 2. The Kier molecular flexibility index (Phi) is 5.34. The molecule has 1 heterocycles. The summed E-state index contributed by atoms with van der Waals surface area (Å²) in [5, 5.41) is 2.89. The molecule has 4 nitrogen and oxygen atoms in total. The van der Waals surface area contributed by atoms with Gasteiger partial charge in [0.1, 0.15) is 11.9 Å². The molecule has 0 spiro atoms. The lowest BCUT2D eigenvalue weighted by atomic mass is 10.1. The summed E-state index contributed by atoms with van der Waals surface area (Å²) in [6.45, 7) is 5.12. The van der Waals surface area contributed by atoms with Gasteiger partial charge in [0.25, 0.3) is 5.91 Å². The Morgan fingerprint density at radius 1 is 1.39 bits per heavy atom. The van der Waals surface area contributed by atoms with Gasteiger partial charge in [0.05, 0.1) is 5.03 Å².